The number of rotatable bonds is 6. The van der Waals surface area contributed by atoms with E-state index in [0.717, 1.165) is 30.8 Å². The summed E-state index contributed by atoms with van der Waals surface area (Å²) in [5, 5.41) is 0. The fraction of sp³-hybridized carbons (Fsp3) is 0.444. The summed E-state index contributed by atoms with van der Waals surface area (Å²) in [5.74, 6) is 3.05. The molecule has 1 fully saturated rings. The molecule has 0 amide bonds. The first-order chi connectivity index (χ1) is 11.3. The monoisotopic (exact) mass is 317 g/mol. The van der Waals surface area contributed by atoms with E-state index < -0.39 is 0 Å². The molecular formula is C18H23NO4. The van der Waals surface area contributed by atoms with Gasteiger partial charge < -0.3 is 18.6 Å². The quantitative estimate of drug-likeness (QED) is 0.814. The van der Waals surface area contributed by atoms with E-state index in [0.29, 0.717) is 23.3 Å². The van der Waals surface area contributed by atoms with E-state index in [9.17, 15) is 0 Å². The molecule has 0 saturated carbocycles. The van der Waals surface area contributed by atoms with Crippen molar-refractivity contribution in [1.29, 1.82) is 0 Å². The number of likely N-dealkylation sites (tertiary alicyclic amines) is 1. The van der Waals surface area contributed by atoms with Gasteiger partial charge in [0.25, 0.3) is 0 Å². The molecule has 1 aliphatic heterocycles. The lowest BCUT2D eigenvalue weighted by atomic mass is 10.1. The fourth-order valence-electron chi connectivity index (χ4n) is 3.28. The zero-order valence-corrected chi connectivity index (χ0v) is 13.9. The summed E-state index contributed by atoms with van der Waals surface area (Å²) >= 11 is 0. The number of nitrogens with zero attached hydrogens (tertiary/aromatic N) is 1. The second-order valence-electron chi connectivity index (χ2n) is 5.68. The lowest BCUT2D eigenvalue weighted by Gasteiger charge is -2.23. The first-order valence-corrected chi connectivity index (χ1v) is 7.83. The highest BCUT2D eigenvalue weighted by Crippen LogP contribution is 2.40. The highest BCUT2D eigenvalue weighted by atomic mass is 16.5. The van der Waals surface area contributed by atoms with Gasteiger partial charge in [-0.3, -0.25) is 4.90 Å². The topological polar surface area (TPSA) is 44.1 Å². The predicted octanol–water partition coefficient (Wildman–Crippen LogP) is 3.64. The van der Waals surface area contributed by atoms with Gasteiger partial charge in [0.2, 0.25) is 5.75 Å². The van der Waals surface area contributed by atoms with Crippen LogP contribution >= 0.6 is 0 Å². The highest BCUT2D eigenvalue weighted by molar-refractivity contribution is 5.53. The van der Waals surface area contributed by atoms with Crippen molar-refractivity contribution in [2.75, 3.05) is 27.9 Å². The Hall–Kier alpha value is -2.14. The van der Waals surface area contributed by atoms with Crippen LogP contribution in [0.1, 0.15) is 30.2 Å². The summed E-state index contributed by atoms with van der Waals surface area (Å²) in [6.45, 7) is 1.88. The van der Waals surface area contributed by atoms with Crippen molar-refractivity contribution in [3.05, 3.63) is 41.9 Å². The highest BCUT2D eigenvalue weighted by Gasteiger charge is 2.28. The molecule has 124 valence electrons. The van der Waals surface area contributed by atoms with Crippen LogP contribution in [0.3, 0.4) is 0 Å². The minimum absolute atomic E-state index is 0.337. The lowest BCUT2D eigenvalue weighted by Crippen LogP contribution is -2.22. The van der Waals surface area contributed by atoms with E-state index in [1.165, 1.54) is 6.42 Å². The molecule has 2 heterocycles. The minimum Gasteiger partial charge on any atom is -0.493 e. The molecule has 1 aromatic carbocycles. The third-order valence-electron chi connectivity index (χ3n) is 4.35. The van der Waals surface area contributed by atoms with Crippen molar-refractivity contribution in [3.8, 4) is 17.2 Å². The van der Waals surface area contributed by atoms with Crippen LogP contribution in [0.5, 0.6) is 17.2 Å². The Balaban J connectivity index is 1.84. The van der Waals surface area contributed by atoms with Crippen LogP contribution in [-0.2, 0) is 6.54 Å². The molecule has 1 aromatic heterocycles. The van der Waals surface area contributed by atoms with Crippen molar-refractivity contribution in [2.24, 2.45) is 0 Å². The van der Waals surface area contributed by atoms with Gasteiger partial charge in [0.15, 0.2) is 11.5 Å². The van der Waals surface area contributed by atoms with Crippen molar-refractivity contribution >= 4 is 0 Å². The molecule has 23 heavy (non-hydrogen) atoms. The smallest absolute Gasteiger partial charge is 0.203 e. The second kappa shape index (κ2) is 6.96. The van der Waals surface area contributed by atoms with E-state index in [4.69, 9.17) is 18.6 Å². The molecule has 3 rings (SSSR count). The molecular weight excluding hydrogens is 294 g/mol. The van der Waals surface area contributed by atoms with Gasteiger partial charge in [-0.05, 0) is 49.2 Å². The van der Waals surface area contributed by atoms with Crippen LogP contribution in [0.25, 0.3) is 0 Å². The first kappa shape index (κ1) is 15.7. The largest absolute Gasteiger partial charge is 0.493 e. The van der Waals surface area contributed by atoms with Crippen LogP contribution in [-0.4, -0.2) is 32.8 Å². The minimum atomic E-state index is 0.337. The number of furan rings is 1. The molecule has 0 aliphatic carbocycles. The Bertz CT molecular complexity index is 613. The molecule has 5 nitrogen and oxygen atoms in total. The van der Waals surface area contributed by atoms with Crippen molar-refractivity contribution in [3.63, 3.8) is 0 Å². The van der Waals surface area contributed by atoms with E-state index >= 15 is 0 Å². The average Bonchev–Trinajstić information content (AvgIpc) is 3.24. The Labute approximate surface area is 136 Å². The molecule has 0 bridgehead atoms. The maximum atomic E-state index is 5.60. The van der Waals surface area contributed by atoms with E-state index in [1.807, 2.05) is 18.2 Å². The molecule has 1 atom stereocenters. The van der Waals surface area contributed by atoms with Crippen LogP contribution in [0.4, 0.5) is 0 Å². The number of methoxy groups -OCH3 is 3. The summed E-state index contributed by atoms with van der Waals surface area (Å²) < 4.78 is 21.9. The van der Waals surface area contributed by atoms with Crippen LogP contribution < -0.4 is 14.2 Å². The van der Waals surface area contributed by atoms with Gasteiger partial charge in [0.1, 0.15) is 5.76 Å². The Morgan fingerprint density at radius 2 is 1.87 bits per heavy atom. The molecule has 5 heteroatoms. The second-order valence-corrected chi connectivity index (χ2v) is 5.68. The lowest BCUT2D eigenvalue weighted by molar-refractivity contribution is 0.220. The van der Waals surface area contributed by atoms with Gasteiger partial charge in [0.05, 0.1) is 33.6 Å². The van der Waals surface area contributed by atoms with E-state index in [1.54, 1.807) is 27.6 Å². The summed E-state index contributed by atoms with van der Waals surface area (Å²) in [7, 11) is 4.90. The summed E-state index contributed by atoms with van der Waals surface area (Å²) in [5.41, 5.74) is 1.14. The van der Waals surface area contributed by atoms with Crippen LogP contribution in [0.15, 0.2) is 34.9 Å². The van der Waals surface area contributed by atoms with Crippen molar-refractivity contribution < 1.29 is 18.6 Å². The molecule has 0 N–H and O–H groups in total. The molecule has 0 spiro atoms. The Morgan fingerprint density at radius 3 is 2.43 bits per heavy atom. The van der Waals surface area contributed by atoms with E-state index in [2.05, 4.69) is 11.0 Å². The number of ether oxygens (including phenoxy) is 3. The van der Waals surface area contributed by atoms with Gasteiger partial charge >= 0.3 is 0 Å². The van der Waals surface area contributed by atoms with E-state index in [-0.39, 0.29) is 0 Å². The van der Waals surface area contributed by atoms with Crippen molar-refractivity contribution in [1.82, 2.24) is 4.90 Å². The zero-order valence-electron chi connectivity index (χ0n) is 13.9. The molecule has 1 saturated heterocycles. The van der Waals surface area contributed by atoms with Gasteiger partial charge in [-0.1, -0.05) is 0 Å². The molecule has 1 aliphatic rings. The maximum Gasteiger partial charge on any atom is 0.203 e. The number of benzene rings is 1. The number of hydrogen-bond donors (Lipinski definition) is 0. The summed E-state index contributed by atoms with van der Waals surface area (Å²) in [4.78, 5) is 2.43. The van der Waals surface area contributed by atoms with Gasteiger partial charge in [0, 0.05) is 6.54 Å². The van der Waals surface area contributed by atoms with Crippen LogP contribution in [0.2, 0.25) is 0 Å². The molecule has 2 aromatic rings. The third kappa shape index (κ3) is 3.15. The van der Waals surface area contributed by atoms with Gasteiger partial charge in [-0.25, -0.2) is 0 Å². The SMILES string of the molecule is COc1cc(CN2CCCC2c2ccco2)cc(OC)c1OC. The summed E-state index contributed by atoms with van der Waals surface area (Å²) in [6, 6.07) is 8.37. The Morgan fingerprint density at radius 1 is 1.13 bits per heavy atom. The van der Waals surface area contributed by atoms with Crippen molar-refractivity contribution in [2.45, 2.75) is 25.4 Å². The predicted molar refractivity (Wildman–Crippen MR) is 87.2 cm³/mol. The normalized spacial score (nSPS) is 18.1. The molecule has 1 unspecified atom stereocenters. The summed E-state index contributed by atoms with van der Waals surface area (Å²) in [6.07, 6.45) is 4.04. The average molecular weight is 317 g/mol. The zero-order chi connectivity index (χ0) is 16.2. The maximum absolute atomic E-state index is 5.60. The first-order valence-electron chi connectivity index (χ1n) is 7.83. The van der Waals surface area contributed by atoms with Gasteiger partial charge in [-0.15, -0.1) is 0 Å². The van der Waals surface area contributed by atoms with Crippen LogP contribution in [0, 0.1) is 0 Å². The third-order valence-corrected chi connectivity index (χ3v) is 4.35. The van der Waals surface area contributed by atoms with Gasteiger partial charge in [-0.2, -0.15) is 0 Å². The number of hydrogen-bond acceptors (Lipinski definition) is 5. The standard InChI is InChI=1S/C18H23NO4/c1-20-16-10-13(11-17(21-2)18(16)22-3)12-19-8-4-6-14(19)15-7-5-9-23-15/h5,7,9-11,14H,4,6,8,12H2,1-3H3. The molecule has 0 radical (unpaired) electrons. The Kier molecular flexibility index (Phi) is 4.76. The fourth-order valence-corrected chi connectivity index (χ4v) is 3.28.